The Morgan fingerprint density at radius 3 is 2.56 bits per heavy atom. The number of rotatable bonds is 8. The summed E-state index contributed by atoms with van der Waals surface area (Å²) in [4.78, 5) is 2.16. The lowest BCUT2D eigenvalue weighted by Gasteiger charge is -2.17. The molecule has 3 rings (SSSR count). The van der Waals surface area contributed by atoms with Crippen LogP contribution >= 0.6 is 12.2 Å². The predicted molar refractivity (Wildman–Crippen MR) is 108 cm³/mol. The summed E-state index contributed by atoms with van der Waals surface area (Å²) in [7, 11) is 3.69. The Labute approximate surface area is 164 Å². The topological polar surface area (TPSA) is 44.5 Å². The van der Waals surface area contributed by atoms with Gasteiger partial charge in [-0.1, -0.05) is 24.3 Å². The maximum Gasteiger partial charge on any atom is 0.203 e. The van der Waals surface area contributed by atoms with Crippen LogP contribution in [0.3, 0.4) is 0 Å². The number of aromatic nitrogens is 3. The Hall–Kier alpha value is -2.64. The van der Waals surface area contributed by atoms with Crippen LogP contribution in [0.2, 0.25) is 0 Å². The summed E-state index contributed by atoms with van der Waals surface area (Å²) in [5.74, 6) is 1.65. The summed E-state index contributed by atoms with van der Waals surface area (Å²) in [5, 5.41) is 4.45. The van der Waals surface area contributed by atoms with Gasteiger partial charge in [-0.05, 0) is 56.0 Å². The van der Waals surface area contributed by atoms with Crippen LogP contribution < -0.4 is 9.47 Å². The second-order valence-electron chi connectivity index (χ2n) is 6.19. The molecule has 27 heavy (non-hydrogen) atoms. The maximum absolute atomic E-state index is 5.61. The van der Waals surface area contributed by atoms with E-state index in [4.69, 9.17) is 21.7 Å². The SMILES string of the molecule is CCOc1ccc(CN(C)Cn2ncn(-c3ccccc3OC)c2=S)cc1. The quantitative estimate of drug-likeness (QED) is 0.551. The van der Waals surface area contributed by atoms with Crippen LogP contribution in [0.5, 0.6) is 11.5 Å². The zero-order chi connectivity index (χ0) is 19.2. The van der Waals surface area contributed by atoms with E-state index >= 15 is 0 Å². The van der Waals surface area contributed by atoms with Gasteiger partial charge in [-0.25, -0.2) is 4.68 Å². The maximum atomic E-state index is 5.61. The van der Waals surface area contributed by atoms with Crippen molar-refractivity contribution in [2.24, 2.45) is 0 Å². The number of hydrogen-bond donors (Lipinski definition) is 0. The number of ether oxygens (including phenoxy) is 2. The first-order valence-electron chi connectivity index (χ1n) is 8.80. The van der Waals surface area contributed by atoms with Crippen molar-refractivity contribution >= 4 is 12.2 Å². The molecule has 0 aliphatic heterocycles. The third-order valence-electron chi connectivity index (χ3n) is 4.14. The van der Waals surface area contributed by atoms with E-state index in [1.165, 1.54) is 5.56 Å². The van der Waals surface area contributed by atoms with Gasteiger partial charge in [0.15, 0.2) is 0 Å². The molecule has 6 nitrogen and oxygen atoms in total. The zero-order valence-corrected chi connectivity index (χ0v) is 16.6. The summed E-state index contributed by atoms with van der Waals surface area (Å²) >= 11 is 5.61. The molecule has 1 heterocycles. The minimum atomic E-state index is 0.591. The molecular weight excluding hydrogens is 360 g/mol. The van der Waals surface area contributed by atoms with Crippen LogP contribution in [-0.2, 0) is 13.2 Å². The van der Waals surface area contributed by atoms with Crippen LogP contribution in [0.25, 0.3) is 5.69 Å². The first-order chi connectivity index (χ1) is 13.1. The highest BCUT2D eigenvalue weighted by atomic mass is 32.1. The molecule has 3 aromatic rings. The van der Waals surface area contributed by atoms with Crippen molar-refractivity contribution in [3.05, 3.63) is 65.2 Å². The molecule has 0 amide bonds. The van der Waals surface area contributed by atoms with E-state index in [1.807, 2.05) is 54.9 Å². The fourth-order valence-electron chi connectivity index (χ4n) is 2.88. The lowest BCUT2D eigenvalue weighted by Crippen LogP contribution is -2.22. The standard InChI is InChI=1S/C20H24N4O2S/c1-4-26-17-11-9-16(10-12-17)13-22(2)15-24-20(27)23(14-21-24)18-7-5-6-8-19(18)25-3/h5-12,14H,4,13,15H2,1-3H3. The van der Waals surface area contributed by atoms with Gasteiger partial charge >= 0.3 is 0 Å². The van der Waals surface area contributed by atoms with E-state index in [9.17, 15) is 0 Å². The van der Waals surface area contributed by atoms with Gasteiger partial charge in [0.1, 0.15) is 17.8 Å². The molecule has 0 saturated heterocycles. The Balaban J connectivity index is 1.71. The Morgan fingerprint density at radius 1 is 1.11 bits per heavy atom. The molecular formula is C20H24N4O2S. The molecule has 0 aliphatic rings. The van der Waals surface area contributed by atoms with Gasteiger partial charge in [-0.2, -0.15) is 5.10 Å². The van der Waals surface area contributed by atoms with E-state index in [0.29, 0.717) is 18.0 Å². The highest BCUT2D eigenvalue weighted by Gasteiger charge is 2.10. The van der Waals surface area contributed by atoms with E-state index < -0.39 is 0 Å². The largest absolute Gasteiger partial charge is 0.495 e. The molecule has 0 spiro atoms. The number of methoxy groups -OCH3 is 1. The fraction of sp³-hybridized carbons (Fsp3) is 0.300. The third kappa shape index (κ3) is 4.56. The summed E-state index contributed by atoms with van der Waals surface area (Å²) in [6, 6.07) is 15.9. The zero-order valence-electron chi connectivity index (χ0n) is 15.8. The normalized spacial score (nSPS) is 11.0. The molecule has 0 aliphatic carbocycles. The van der Waals surface area contributed by atoms with Crippen molar-refractivity contribution < 1.29 is 9.47 Å². The second kappa shape index (κ2) is 8.83. The van der Waals surface area contributed by atoms with Crippen LogP contribution in [-0.4, -0.2) is 40.0 Å². The molecule has 0 bridgehead atoms. The van der Waals surface area contributed by atoms with Crippen LogP contribution in [0.4, 0.5) is 0 Å². The summed E-state index contributed by atoms with van der Waals surface area (Å²) in [6.45, 7) is 4.03. The van der Waals surface area contributed by atoms with Gasteiger partial charge in [0, 0.05) is 6.54 Å². The molecule has 1 aromatic heterocycles. The van der Waals surface area contributed by atoms with E-state index in [2.05, 4.69) is 22.1 Å². The minimum Gasteiger partial charge on any atom is -0.495 e. The van der Waals surface area contributed by atoms with Crippen molar-refractivity contribution in [3.8, 4) is 17.2 Å². The molecule has 142 valence electrons. The van der Waals surface area contributed by atoms with E-state index in [0.717, 1.165) is 23.7 Å². The van der Waals surface area contributed by atoms with Gasteiger partial charge in [-0.15, -0.1) is 0 Å². The lowest BCUT2D eigenvalue weighted by atomic mass is 10.2. The number of para-hydroxylation sites is 2. The van der Waals surface area contributed by atoms with Gasteiger partial charge in [0.05, 0.1) is 26.1 Å². The number of benzene rings is 2. The first kappa shape index (κ1) is 19.1. The molecule has 0 N–H and O–H groups in total. The van der Waals surface area contributed by atoms with Gasteiger partial charge < -0.3 is 9.47 Å². The molecule has 0 fully saturated rings. The Morgan fingerprint density at radius 2 is 1.85 bits per heavy atom. The summed E-state index contributed by atoms with van der Waals surface area (Å²) < 4.78 is 15.2. The van der Waals surface area contributed by atoms with Gasteiger partial charge in [0.2, 0.25) is 4.77 Å². The summed E-state index contributed by atoms with van der Waals surface area (Å²) in [6.07, 6.45) is 1.73. The average Bonchev–Trinajstić information content (AvgIpc) is 3.03. The smallest absolute Gasteiger partial charge is 0.203 e. The van der Waals surface area contributed by atoms with Gasteiger partial charge in [-0.3, -0.25) is 9.47 Å². The molecule has 0 atom stereocenters. The van der Waals surface area contributed by atoms with Crippen molar-refractivity contribution in [1.82, 2.24) is 19.2 Å². The Kier molecular flexibility index (Phi) is 6.26. The number of hydrogen-bond acceptors (Lipinski definition) is 5. The van der Waals surface area contributed by atoms with Crippen LogP contribution in [0.1, 0.15) is 12.5 Å². The third-order valence-corrected chi connectivity index (χ3v) is 4.55. The van der Waals surface area contributed by atoms with Crippen molar-refractivity contribution in [2.45, 2.75) is 20.1 Å². The minimum absolute atomic E-state index is 0.591. The number of nitrogens with zero attached hydrogens (tertiary/aromatic N) is 4. The lowest BCUT2D eigenvalue weighted by molar-refractivity contribution is 0.244. The highest BCUT2D eigenvalue weighted by molar-refractivity contribution is 7.71. The fourth-order valence-corrected chi connectivity index (χ4v) is 3.13. The monoisotopic (exact) mass is 384 g/mol. The molecule has 0 unspecified atom stereocenters. The van der Waals surface area contributed by atoms with E-state index in [1.54, 1.807) is 18.1 Å². The Bertz CT molecular complexity index is 934. The first-order valence-corrected chi connectivity index (χ1v) is 9.21. The summed E-state index contributed by atoms with van der Waals surface area (Å²) in [5.41, 5.74) is 2.09. The molecule has 0 radical (unpaired) electrons. The predicted octanol–water partition coefficient (Wildman–Crippen LogP) is 3.90. The van der Waals surface area contributed by atoms with Crippen molar-refractivity contribution in [1.29, 1.82) is 0 Å². The van der Waals surface area contributed by atoms with Crippen molar-refractivity contribution in [2.75, 3.05) is 20.8 Å². The van der Waals surface area contributed by atoms with Crippen LogP contribution in [0.15, 0.2) is 54.9 Å². The van der Waals surface area contributed by atoms with Crippen LogP contribution in [0, 0.1) is 4.77 Å². The second-order valence-corrected chi connectivity index (χ2v) is 6.55. The van der Waals surface area contributed by atoms with Gasteiger partial charge in [0.25, 0.3) is 0 Å². The van der Waals surface area contributed by atoms with Crippen molar-refractivity contribution in [3.63, 3.8) is 0 Å². The molecule has 0 saturated carbocycles. The molecule has 7 heteroatoms. The molecule has 2 aromatic carbocycles. The van der Waals surface area contributed by atoms with E-state index in [-0.39, 0.29) is 0 Å². The highest BCUT2D eigenvalue weighted by Crippen LogP contribution is 2.22. The average molecular weight is 385 g/mol.